The van der Waals surface area contributed by atoms with Crippen molar-refractivity contribution in [1.82, 2.24) is 10.2 Å². The van der Waals surface area contributed by atoms with Crippen LogP contribution >= 0.6 is 34.7 Å². The van der Waals surface area contributed by atoms with Gasteiger partial charge in [-0.05, 0) is 24.3 Å². The van der Waals surface area contributed by atoms with E-state index in [1.165, 1.54) is 11.3 Å². The zero-order chi connectivity index (χ0) is 15.4. The summed E-state index contributed by atoms with van der Waals surface area (Å²) < 4.78 is 5.95. The summed E-state index contributed by atoms with van der Waals surface area (Å²) in [4.78, 5) is 13.5. The van der Waals surface area contributed by atoms with E-state index >= 15 is 0 Å². The molecule has 0 bridgehead atoms. The maximum absolute atomic E-state index is 11.9. The Morgan fingerprint density at radius 2 is 2.05 bits per heavy atom. The van der Waals surface area contributed by atoms with Gasteiger partial charge in [-0.3, -0.25) is 10.1 Å². The standard InChI is InChI=1S/C14H10ClN3O2S2/c15-11-7-6-10(22-11)13(19)16-14-18-17-12(20-14)8-21-9-4-2-1-3-5-9/h1-7H,8H2,(H,16,18,19). The number of anilines is 1. The van der Waals surface area contributed by atoms with E-state index in [4.69, 9.17) is 16.0 Å². The second-order valence-corrected chi connectivity index (χ2v) is 6.92. The van der Waals surface area contributed by atoms with Crippen LogP contribution in [-0.2, 0) is 5.75 Å². The average Bonchev–Trinajstić information content (AvgIpc) is 3.15. The van der Waals surface area contributed by atoms with E-state index < -0.39 is 0 Å². The van der Waals surface area contributed by atoms with Crippen molar-refractivity contribution in [3.63, 3.8) is 0 Å². The number of rotatable bonds is 5. The van der Waals surface area contributed by atoms with Gasteiger partial charge in [0, 0.05) is 4.90 Å². The Labute approximate surface area is 139 Å². The average molecular weight is 352 g/mol. The highest BCUT2D eigenvalue weighted by molar-refractivity contribution is 7.98. The van der Waals surface area contributed by atoms with Gasteiger partial charge in [0.2, 0.25) is 5.89 Å². The summed E-state index contributed by atoms with van der Waals surface area (Å²) >= 11 is 8.57. The monoisotopic (exact) mass is 351 g/mol. The molecule has 3 aromatic rings. The van der Waals surface area contributed by atoms with Gasteiger partial charge in [0.05, 0.1) is 15.0 Å². The summed E-state index contributed by atoms with van der Waals surface area (Å²) in [6.45, 7) is 0. The van der Waals surface area contributed by atoms with Crippen molar-refractivity contribution in [2.45, 2.75) is 10.6 Å². The maximum atomic E-state index is 11.9. The van der Waals surface area contributed by atoms with E-state index in [9.17, 15) is 4.79 Å². The lowest BCUT2D eigenvalue weighted by Gasteiger charge is -1.97. The molecule has 0 atom stereocenters. The third kappa shape index (κ3) is 3.88. The molecule has 0 radical (unpaired) electrons. The molecule has 2 heterocycles. The highest BCUT2D eigenvalue weighted by Crippen LogP contribution is 2.24. The molecule has 0 spiro atoms. The Bertz CT molecular complexity index is 773. The second kappa shape index (κ2) is 6.95. The third-order valence-electron chi connectivity index (χ3n) is 2.59. The zero-order valence-electron chi connectivity index (χ0n) is 11.2. The van der Waals surface area contributed by atoms with E-state index in [1.54, 1.807) is 23.9 Å². The number of benzene rings is 1. The Morgan fingerprint density at radius 1 is 1.23 bits per heavy atom. The topological polar surface area (TPSA) is 68.0 Å². The van der Waals surface area contributed by atoms with Gasteiger partial charge in [-0.15, -0.1) is 28.2 Å². The van der Waals surface area contributed by atoms with Crippen molar-refractivity contribution in [2.24, 2.45) is 0 Å². The molecule has 1 N–H and O–H groups in total. The molecule has 0 aliphatic rings. The minimum atomic E-state index is -0.317. The van der Waals surface area contributed by atoms with Crippen LogP contribution in [0.2, 0.25) is 4.34 Å². The van der Waals surface area contributed by atoms with Crippen LogP contribution in [0.5, 0.6) is 0 Å². The fourth-order valence-corrected chi connectivity index (χ4v) is 3.31. The molecule has 1 amide bonds. The largest absolute Gasteiger partial charge is 0.407 e. The number of thiophene rings is 1. The van der Waals surface area contributed by atoms with Gasteiger partial charge >= 0.3 is 6.01 Å². The lowest BCUT2D eigenvalue weighted by molar-refractivity contribution is 0.102. The molecule has 0 aliphatic carbocycles. The zero-order valence-corrected chi connectivity index (χ0v) is 13.5. The van der Waals surface area contributed by atoms with Crippen molar-refractivity contribution in [3.8, 4) is 0 Å². The summed E-state index contributed by atoms with van der Waals surface area (Å²) in [6, 6.07) is 13.3. The Hall–Kier alpha value is -1.83. The van der Waals surface area contributed by atoms with E-state index in [0.717, 1.165) is 4.90 Å². The number of carbonyl (C=O) groups excluding carboxylic acids is 1. The van der Waals surface area contributed by atoms with Gasteiger partial charge in [0.25, 0.3) is 5.91 Å². The molecule has 3 rings (SSSR count). The first-order valence-corrected chi connectivity index (χ1v) is 8.45. The fraction of sp³-hybridized carbons (Fsp3) is 0.0714. The summed E-state index contributed by atoms with van der Waals surface area (Å²) in [5.41, 5.74) is 0. The molecule has 0 unspecified atom stereocenters. The van der Waals surface area contributed by atoms with Crippen LogP contribution in [0.25, 0.3) is 0 Å². The molecule has 0 saturated heterocycles. The quantitative estimate of drug-likeness (QED) is 0.693. The van der Waals surface area contributed by atoms with Crippen LogP contribution in [0, 0.1) is 0 Å². The maximum Gasteiger partial charge on any atom is 0.322 e. The number of hydrogen-bond acceptors (Lipinski definition) is 6. The predicted octanol–water partition coefficient (Wildman–Crippen LogP) is 4.33. The highest BCUT2D eigenvalue weighted by Gasteiger charge is 2.13. The van der Waals surface area contributed by atoms with Crippen LogP contribution in [0.15, 0.2) is 51.8 Å². The molecular formula is C14H10ClN3O2S2. The Morgan fingerprint density at radius 3 is 2.77 bits per heavy atom. The van der Waals surface area contributed by atoms with E-state index in [1.807, 2.05) is 30.3 Å². The molecule has 22 heavy (non-hydrogen) atoms. The normalized spacial score (nSPS) is 10.6. The first-order chi connectivity index (χ1) is 10.7. The summed E-state index contributed by atoms with van der Waals surface area (Å²) in [5, 5.41) is 10.3. The van der Waals surface area contributed by atoms with Gasteiger partial charge in [-0.2, -0.15) is 0 Å². The SMILES string of the molecule is O=C(Nc1nnc(CSc2ccccc2)o1)c1ccc(Cl)s1. The smallest absolute Gasteiger partial charge is 0.322 e. The highest BCUT2D eigenvalue weighted by atomic mass is 35.5. The Balaban J connectivity index is 1.58. The van der Waals surface area contributed by atoms with Crippen molar-refractivity contribution >= 4 is 46.6 Å². The van der Waals surface area contributed by atoms with Gasteiger partial charge in [-0.25, -0.2) is 0 Å². The minimum absolute atomic E-state index is 0.0817. The van der Waals surface area contributed by atoms with Crippen molar-refractivity contribution in [1.29, 1.82) is 0 Å². The number of hydrogen-bond donors (Lipinski definition) is 1. The number of halogens is 1. The van der Waals surface area contributed by atoms with Crippen molar-refractivity contribution in [2.75, 3.05) is 5.32 Å². The van der Waals surface area contributed by atoms with Crippen LogP contribution < -0.4 is 5.32 Å². The van der Waals surface area contributed by atoms with E-state index in [2.05, 4.69) is 15.5 Å². The van der Waals surface area contributed by atoms with Gasteiger partial charge in [0.15, 0.2) is 0 Å². The van der Waals surface area contributed by atoms with Gasteiger partial charge < -0.3 is 4.42 Å². The number of thioether (sulfide) groups is 1. The molecule has 0 aliphatic heterocycles. The van der Waals surface area contributed by atoms with Crippen molar-refractivity contribution < 1.29 is 9.21 Å². The molecule has 2 aromatic heterocycles. The summed E-state index contributed by atoms with van der Waals surface area (Å²) in [6.07, 6.45) is 0. The molecule has 0 saturated carbocycles. The number of carbonyl (C=O) groups is 1. The number of amides is 1. The summed E-state index contributed by atoms with van der Waals surface area (Å²) in [7, 11) is 0. The lowest BCUT2D eigenvalue weighted by atomic mass is 10.4. The van der Waals surface area contributed by atoms with Crippen LogP contribution in [0.4, 0.5) is 6.01 Å². The van der Waals surface area contributed by atoms with E-state index in [-0.39, 0.29) is 11.9 Å². The van der Waals surface area contributed by atoms with Gasteiger partial charge in [-0.1, -0.05) is 34.9 Å². The van der Waals surface area contributed by atoms with Crippen LogP contribution in [0.1, 0.15) is 15.6 Å². The molecule has 8 heteroatoms. The predicted molar refractivity (Wildman–Crippen MR) is 87.6 cm³/mol. The van der Waals surface area contributed by atoms with E-state index in [0.29, 0.717) is 20.9 Å². The fourth-order valence-electron chi connectivity index (χ4n) is 1.62. The third-order valence-corrected chi connectivity index (χ3v) is 4.82. The Kier molecular flexibility index (Phi) is 4.77. The first-order valence-electron chi connectivity index (χ1n) is 6.27. The molecule has 0 fully saturated rings. The summed E-state index contributed by atoms with van der Waals surface area (Å²) in [5.74, 6) is 0.675. The number of nitrogens with one attached hydrogen (secondary N) is 1. The minimum Gasteiger partial charge on any atom is -0.407 e. The number of aromatic nitrogens is 2. The molecule has 1 aromatic carbocycles. The second-order valence-electron chi connectivity index (χ2n) is 4.16. The first kappa shape index (κ1) is 15.1. The molecule has 112 valence electrons. The van der Waals surface area contributed by atoms with Gasteiger partial charge in [0.1, 0.15) is 0 Å². The van der Waals surface area contributed by atoms with Crippen LogP contribution in [0.3, 0.4) is 0 Å². The molecule has 5 nitrogen and oxygen atoms in total. The van der Waals surface area contributed by atoms with Crippen molar-refractivity contribution in [3.05, 3.63) is 57.6 Å². The van der Waals surface area contributed by atoms with Crippen LogP contribution in [-0.4, -0.2) is 16.1 Å². The lowest BCUT2D eigenvalue weighted by Crippen LogP contribution is -2.10. The molecular weight excluding hydrogens is 342 g/mol. The number of nitrogens with zero attached hydrogens (tertiary/aromatic N) is 2.